The maximum absolute atomic E-state index is 9.63. The Kier molecular flexibility index (Phi) is 2.78. The summed E-state index contributed by atoms with van der Waals surface area (Å²) in [5, 5.41) is 9.63. The molecule has 3 N–H and O–H groups in total. The molecule has 0 amide bonds. The lowest BCUT2D eigenvalue weighted by Gasteiger charge is -2.20. The average Bonchev–Trinajstić information content (AvgIpc) is 2.06. The topological polar surface area (TPSA) is 59.1 Å². The van der Waals surface area contributed by atoms with Gasteiger partial charge in [0.15, 0.2) is 0 Å². The minimum Gasteiger partial charge on any atom is -0.389 e. The summed E-state index contributed by atoms with van der Waals surface area (Å²) in [6.07, 6.45) is 4.00. The summed E-state index contributed by atoms with van der Waals surface area (Å²) in [4.78, 5) is 3.89. The lowest BCUT2D eigenvalue weighted by molar-refractivity contribution is 0.0696. The lowest BCUT2D eigenvalue weighted by atomic mass is 9.98. The number of aliphatic hydroxyl groups is 1. The molecule has 0 aliphatic carbocycles. The minimum absolute atomic E-state index is 0.273. The van der Waals surface area contributed by atoms with Crippen molar-refractivity contribution in [3.63, 3.8) is 0 Å². The highest BCUT2D eigenvalue weighted by atomic mass is 16.3. The van der Waals surface area contributed by atoms with E-state index in [1.54, 1.807) is 19.3 Å². The predicted molar refractivity (Wildman–Crippen MR) is 47.6 cm³/mol. The van der Waals surface area contributed by atoms with Gasteiger partial charge in [-0.3, -0.25) is 4.98 Å². The smallest absolute Gasteiger partial charge is 0.0781 e. The largest absolute Gasteiger partial charge is 0.389 e. The van der Waals surface area contributed by atoms with Gasteiger partial charge in [-0.25, -0.2) is 0 Å². The maximum atomic E-state index is 9.63. The Bertz CT molecular complexity index is 234. The molecule has 0 aromatic carbocycles. The molecule has 66 valence electrons. The monoisotopic (exact) mass is 166 g/mol. The number of nitrogens with zero attached hydrogens (tertiary/aromatic N) is 1. The van der Waals surface area contributed by atoms with Crippen LogP contribution >= 0.6 is 0 Å². The van der Waals surface area contributed by atoms with E-state index in [1.165, 1.54) is 0 Å². The Labute approximate surface area is 72.2 Å². The van der Waals surface area contributed by atoms with Gasteiger partial charge in [0.1, 0.15) is 0 Å². The molecule has 0 spiro atoms. The van der Waals surface area contributed by atoms with Crippen molar-refractivity contribution in [3.8, 4) is 0 Å². The number of aromatic nitrogens is 1. The van der Waals surface area contributed by atoms with Gasteiger partial charge in [-0.15, -0.1) is 0 Å². The quantitative estimate of drug-likeness (QED) is 0.680. The number of nitrogens with two attached hydrogens (primary N) is 1. The highest BCUT2D eigenvalue weighted by Gasteiger charge is 2.17. The highest BCUT2D eigenvalue weighted by molar-refractivity contribution is 5.12. The molecule has 0 radical (unpaired) electrons. The fourth-order valence-corrected chi connectivity index (χ4v) is 1.01. The van der Waals surface area contributed by atoms with Gasteiger partial charge < -0.3 is 10.8 Å². The third-order valence-electron chi connectivity index (χ3n) is 1.77. The molecule has 1 aromatic rings. The van der Waals surface area contributed by atoms with Crippen LogP contribution in [0, 0.1) is 0 Å². The second-order valence-electron chi connectivity index (χ2n) is 3.23. The highest BCUT2D eigenvalue weighted by Crippen LogP contribution is 2.10. The Morgan fingerprint density at radius 1 is 1.50 bits per heavy atom. The Morgan fingerprint density at radius 3 is 2.58 bits per heavy atom. The second-order valence-corrected chi connectivity index (χ2v) is 3.23. The van der Waals surface area contributed by atoms with Gasteiger partial charge in [0, 0.05) is 25.4 Å². The number of rotatable bonds is 3. The third kappa shape index (κ3) is 2.60. The van der Waals surface area contributed by atoms with E-state index >= 15 is 0 Å². The zero-order chi connectivity index (χ0) is 9.03. The summed E-state index contributed by atoms with van der Waals surface area (Å²) in [7, 11) is 0. The summed E-state index contributed by atoms with van der Waals surface area (Å²) < 4.78 is 0. The molecule has 1 heterocycles. The number of hydrogen-bond donors (Lipinski definition) is 2. The van der Waals surface area contributed by atoms with Crippen molar-refractivity contribution < 1.29 is 5.11 Å². The van der Waals surface area contributed by atoms with Crippen LogP contribution in [0.15, 0.2) is 24.5 Å². The molecule has 0 saturated heterocycles. The van der Waals surface area contributed by atoms with E-state index in [4.69, 9.17) is 5.73 Å². The molecule has 0 aliphatic heterocycles. The summed E-state index contributed by atoms with van der Waals surface area (Å²) in [5.41, 5.74) is 5.64. The van der Waals surface area contributed by atoms with Crippen LogP contribution in [0.3, 0.4) is 0 Å². The van der Waals surface area contributed by atoms with E-state index in [0.29, 0.717) is 6.42 Å². The molecule has 0 aliphatic rings. The number of hydrogen-bond acceptors (Lipinski definition) is 3. The van der Waals surface area contributed by atoms with Crippen molar-refractivity contribution in [2.45, 2.75) is 18.9 Å². The van der Waals surface area contributed by atoms with Gasteiger partial charge in [-0.05, 0) is 24.6 Å². The van der Waals surface area contributed by atoms with Gasteiger partial charge in [0.25, 0.3) is 0 Å². The summed E-state index contributed by atoms with van der Waals surface area (Å²) >= 11 is 0. The number of pyridine rings is 1. The van der Waals surface area contributed by atoms with Crippen LogP contribution in [0.5, 0.6) is 0 Å². The molecule has 1 rings (SSSR count). The first-order valence-corrected chi connectivity index (χ1v) is 3.95. The average molecular weight is 166 g/mol. The van der Waals surface area contributed by atoms with Gasteiger partial charge in [-0.2, -0.15) is 0 Å². The summed E-state index contributed by atoms with van der Waals surface area (Å²) in [6.45, 7) is 2.00. The van der Waals surface area contributed by atoms with E-state index in [-0.39, 0.29) is 6.54 Å². The molecule has 1 unspecified atom stereocenters. The molecule has 0 bridgehead atoms. The van der Waals surface area contributed by atoms with Crippen molar-refractivity contribution in [2.75, 3.05) is 6.54 Å². The van der Waals surface area contributed by atoms with Crippen LogP contribution in [-0.4, -0.2) is 22.2 Å². The molecule has 3 heteroatoms. The molecule has 0 saturated carbocycles. The zero-order valence-corrected chi connectivity index (χ0v) is 7.20. The van der Waals surface area contributed by atoms with E-state index in [1.807, 2.05) is 12.1 Å². The Morgan fingerprint density at radius 2 is 2.08 bits per heavy atom. The molecule has 3 nitrogen and oxygen atoms in total. The van der Waals surface area contributed by atoms with Crippen molar-refractivity contribution >= 4 is 0 Å². The molecular formula is C9H14N2O. The van der Waals surface area contributed by atoms with Gasteiger partial charge in [0.05, 0.1) is 5.60 Å². The predicted octanol–water partition coefficient (Wildman–Crippen LogP) is 0.334. The van der Waals surface area contributed by atoms with Crippen molar-refractivity contribution in [1.82, 2.24) is 4.98 Å². The Hall–Kier alpha value is -0.930. The van der Waals surface area contributed by atoms with E-state index < -0.39 is 5.60 Å². The van der Waals surface area contributed by atoms with Crippen LogP contribution in [0.1, 0.15) is 12.5 Å². The molecule has 0 fully saturated rings. The summed E-state index contributed by atoms with van der Waals surface area (Å²) in [5.74, 6) is 0. The minimum atomic E-state index is -0.804. The second kappa shape index (κ2) is 3.65. The molecule has 1 aromatic heterocycles. The van der Waals surface area contributed by atoms with Crippen LogP contribution in [0.2, 0.25) is 0 Å². The normalized spacial score (nSPS) is 15.6. The van der Waals surface area contributed by atoms with Gasteiger partial charge in [-0.1, -0.05) is 0 Å². The van der Waals surface area contributed by atoms with Crippen LogP contribution in [0.25, 0.3) is 0 Å². The fourth-order valence-electron chi connectivity index (χ4n) is 1.01. The summed E-state index contributed by atoms with van der Waals surface area (Å²) in [6, 6.07) is 3.76. The Balaban J connectivity index is 2.64. The van der Waals surface area contributed by atoms with Gasteiger partial charge in [0.2, 0.25) is 0 Å². The van der Waals surface area contributed by atoms with E-state index in [9.17, 15) is 5.11 Å². The van der Waals surface area contributed by atoms with E-state index in [2.05, 4.69) is 4.98 Å². The van der Waals surface area contributed by atoms with Crippen molar-refractivity contribution in [3.05, 3.63) is 30.1 Å². The van der Waals surface area contributed by atoms with Crippen molar-refractivity contribution in [1.29, 1.82) is 0 Å². The first-order chi connectivity index (χ1) is 5.64. The molecule has 12 heavy (non-hydrogen) atoms. The van der Waals surface area contributed by atoms with Crippen LogP contribution < -0.4 is 5.73 Å². The van der Waals surface area contributed by atoms with Crippen LogP contribution in [-0.2, 0) is 6.42 Å². The SMILES string of the molecule is CC(O)(CN)Cc1ccncc1. The first kappa shape index (κ1) is 9.16. The standard InChI is InChI=1S/C9H14N2O/c1-9(12,7-10)6-8-2-4-11-5-3-8/h2-5,12H,6-7,10H2,1H3. The van der Waals surface area contributed by atoms with E-state index in [0.717, 1.165) is 5.56 Å². The maximum Gasteiger partial charge on any atom is 0.0781 e. The van der Waals surface area contributed by atoms with Crippen LogP contribution in [0.4, 0.5) is 0 Å². The molecular weight excluding hydrogens is 152 g/mol. The zero-order valence-electron chi connectivity index (χ0n) is 7.20. The lowest BCUT2D eigenvalue weighted by Crippen LogP contribution is -2.36. The fraction of sp³-hybridized carbons (Fsp3) is 0.444. The molecule has 1 atom stereocenters. The first-order valence-electron chi connectivity index (χ1n) is 3.95. The van der Waals surface area contributed by atoms with Crippen molar-refractivity contribution in [2.24, 2.45) is 5.73 Å². The van der Waals surface area contributed by atoms with Gasteiger partial charge >= 0.3 is 0 Å². The third-order valence-corrected chi connectivity index (χ3v) is 1.77.